The second-order valence-corrected chi connectivity index (χ2v) is 7.08. The predicted molar refractivity (Wildman–Crippen MR) is 127 cm³/mol. The molecule has 0 aliphatic carbocycles. The Morgan fingerprint density at radius 2 is 1.96 bits per heavy atom. The largest absolute Gasteiger partial charge is 0.491 e. The molecule has 0 aliphatic rings. The van der Waals surface area contributed by atoms with E-state index in [1.54, 1.807) is 25.5 Å². The van der Waals surface area contributed by atoms with Crippen molar-refractivity contribution < 1.29 is 9.47 Å². The Morgan fingerprint density at radius 1 is 1.21 bits per heavy atom. The van der Waals surface area contributed by atoms with Gasteiger partial charge in [-0.25, -0.2) is 4.98 Å². The lowest BCUT2D eigenvalue weighted by molar-refractivity contribution is 0.145. The zero-order valence-corrected chi connectivity index (χ0v) is 20.3. The van der Waals surface area contributed by atoms with Gasteiger partial charge in [0.05, 0.1) is 18.8 Å². The highest BCUT2D eigenvalue weighted by Gasteiger charge is 2.07. The van der Waals surface area contributed by atoms with Crippen LogP contribution in [0.15, 0.2) is 28.6 Å². The summed E-state index contributed by atoms with van der Waals surface area (Å²) >= 11 is 1.63. The minimum atomic E-state index is 0. The molecule has 0 amide bonds. The van der Waals surface area contributed by atoms with Crippen LogP contribution in [0.25, 0.3) is 0 Å². The van der Waals surface area contributed by atoms with Gasteiger partial charge in [0.1, 0.15) is 12.4 Å². The lowest BCUT2D eigenvalue weighted by Crippen LogP contribution is -2.36. The van der Waals surface area contributed by atoms with E-state index in [1.165, 1.54) is 0 Å². The summed E-state index contributed by atoms with van der Waals surface area (Å²) < 4.78 is 10.9. The third kappa shape index (κ3) is 7.80. The number of hydrogen-bond donors (Lipinski definition) is 2. The number of anilines is 1. The van der Waals surface area contributed by atoms with Crippen molar-refractivity contribution in [1.29, 1.82) is 0 Å². The van der Waals surface area contributed by atoms with E-state index in [2.05, 4.69) is 45.0 Å². The minimum absolute atomic E-state index is 0. The number of guanidine groups is 1. The van der Waals surface area contributed by atoms with E-state index in [4.69, 9.17) is 9.47 Å². The predicted octanol–water partition coefficient (Wildman–Crippen LogP) is 3.03. The Morgan fingerprint density at radius 3 is 2.61 bits per heavy atom. The van der Waals surface area contributed by atoms with Crippen molar-refractivity contribution in [2.45, 2.75) is 20.0 Å². The molecule has 0 atom stereocenters. The second-order valence-electron chi connectivity index (χ2n) is 6.25. The molecule has 0 spiro atoms. The van der Waals surface area contributed by atoms with Crippen molar-refractivity contribution in [3.8, 4) is 5.75 Å². The second kappa shape index (κ2) is 12.8. The highest BCUT2D eigenvalue weighted by Crippen LogP contribution is 2.20. The van der Waals surface area contributed by atoms with Crippen LogP contribution in [0.2, 0.25) is 0 Å². The average Bonchev–Trinajstić information content (AvgIpc) is 3.13. The summed E-state index contributed by atoms with van der Waals surface area (Å²) in [6.45, 7) is 4.37. The van der Waals surface area contributed by atoms with Gasteiger partial charge in [0.15, 0.2) is 11.1 Å². The molecule has 0 bridgehead atoms. The summed E-state index contributed by atoms with van der Waals surface area (Å²) in [4.78, 5) is 10.9. The first-order chi connectivity index (χ1) is 13.0. The van der Waals surface area contributed by atoms with Gasteiger partial charge in [-0.3, -0.25) is 4.99 Å². The number of thiazole rings is 1. The number of nitrogens with zero attached hydrogens (tertiary/aromatic N) is 3. The first kappa shape index (κ1) is 24.4. The van der Waals surface area contributed by atoms with Crippen molar-refractivity contribution >= 4 is 46.4 Å². The Kier molecular flexibility index (Phi) is 11.2. The van der Waals surface area contributed by atoms with E-state index in [0.717, 1.165) is 33.7 Å². The maximum Gasteiger partial charge on any atom is 0.191 e. The molecule has 7 nitrogen and oxygen atoms in total. The van der Waals surface area contributed by atoms with E-state index in [0.29, 0.717) is 26.3 Å². The Bertz CT molecular complexity index is 752. The van der Waals surface area contributed by atoms with E-state index >= 15 is 0 Å². The van der Waals surface area contributed by atoms with Crippen molar-refractivity contribution in [3.05, 3.63) is 40.4 Å². The number of ether oxygens (including phenoxy) is 2. The summed E-state index contributed by atoms with van der Waals surface area (Å²) in [5.41, 5.74) is 3.22. The number of aromatic nitrogens is 1. The van der Waals surface area contributed by atoms with Crippen molar-refractivity contribution in [3.63, 3.8) is 0 Å². The fourth-order valence-electron chi connectivity index (χ4n) is 2.33. The molecule has 1 aromatic carbocycles. The Hall–Kier alpha value is -1.59. The van der Waals surface area contributed by atoms with E-state index < -0.39 is 0 Å². The number of aliphatic imine (C=N–C) groups is 1. The van der Waals surface area contributed by atoms with Gasteiger partial charge in [0.25, 0.3) is 0 Å². The number of benzene rings is 1. The van der Waals surface area contributed by atoms with Crippen LogP contribution < -0.4 is 20.3 Å². The van der Waals surface area contributed by atoms with Crippen molar-refractivity contribution in [1.82, 2.24) is 15.6 Å². The first-order valence-corrected chi connectivity index (χ1v) is 9.69. The number of halogens is 1. The summed E-state index contributed by atoms with van der Waals surface area (Å²) in [5.74, 6) is 1.59. The maximum absolute atomic E-state index is 5.84. The lowest BCUT2D eigenvalue weighted by atomic mass is 10.1. The van der Waals surface area contributed by atoms with Gasteiger partial charge in [0, 0.05) is 45.7 Å². The van der Waals surface area contributed by atoms with Crippen LogP contribution in [-0.2, 0) is 17.8 Å². The highest BCUT2D eigenvalue weighted by atomic mass is 127. The smallest absolute Gasteiger partial charge is 0.191 e. The number of aryl methyl sites for hydroxylation is 1. The number of methoxy groups -OCH3 is 1. The van der Waals surface area contributed by atoms with Crippen LogP contribution in [0.3, 0.4) is 0 Å². The summed E-state index contributed by atoms with van der Waals surface area (Å²) in [6.07, 6.45) is 0. The summed E-state index contributed by atoms with van der Waals surface area (Å²) in [6, 6.07) is 6.19. The summed E-state index contributed by atoms with van der Waals surface area (Å²) in [7, 11) is 7.41. The van der Waals surface area contributed by atoms with Crippen LogP contribution in [-0.4, -0.2) is 52.4 Å². The Labute approximate surface area is 188 Å². The number of hydrogen-bond acceptors (Lipinski definition) is 6. The van der Waals surface area contributed by atoms with Gasteiger partial charge in [-0.15, -0.1) is 35.3 Å². The molecule has 9 heteroatoms. The third-order valence-electron chi connectivity index (χ3n) is 3.80. The van der Waals surface area contributed by atoms with E-state index in [-0.39, 0.29) is 24.0 Å². The van der Waals surface area contributed by atoms with Crippen LogP contribution in [0, 0.1) is 6.92 Å². The van der Waals surface area contributed by atoms with Crippen LogP contribution in [0.1, 0.15) is 16.8 Å². The molecule has 156 valence electrons. The molecule has 1 aromatic heterocycles. The van der Waals surface area contributed by atoms with E-state index in [1.807, 2.05) is 25.1 Å². The van der Waals surface area contributed by atoms with Gasteiger partial charge >= 0.3 is 0 Å². The molecule has 0 aliphatic heterocycles. The molecule has 28 heavy (non-hydrogen) atoms. The number of rotatable bonds is 9. The summed E-state index contributed by atoms with van der Waals surface area (Å²) in [5, 5.41) is 9.67. The topological polar surface area (TPSA) is 71.0 Å². The molecule has 0 radical (unpaired) electrons. The number of nitrogens with one attached hydrogen (secondary N) is 2. The van der Waals surface area contributed by atoms with Gasteiger partial charge in [-0.2, -0.15) is 0 Å². The van der Waals surface area contributed by atoms with Crippen LogP contribution >= 0.6 is 35.3 Å². The standard InChI is InChI=1S/C19H29N5O2S.HI/c1-14-6-7-15(17(10-14)26-9-8-25-5)11-21-18(20-2)22-12-16-13-27-19(23-16)24(3)4;/h6-7,10,13H,8-9,11-12H2,1-5H3,(H2,20,21,22);1H. The Balaban J connectivity index is 0.00000392. The van der Waals surface area contributed by atoms with Crippen molar-refractivity contribution in [2.75, 3.05) is 46.4 Å². The molecule has 1 heterocycles. The van der Waals surface area contributed by atoms with Gasteiger partial charge in [-0.1, -0.05) is 12.1 Å². The zero-order valence-electron chi connectivity index (χ0n) is 17.1. The molecular formula is C19H30IN5O2S. The first-order valence-electron chi connectivity index (χ1n) is 8.81. The van der Waals surface area contributed by atoms with Gasteiger partial charge < -0.3 is 25.0 Å². The minimum Gasteiger partial charge on any atom is -0.491 e. The molecule has 2 N–H and O–H groups in total. The quantitative estimate of drug-likeness (QED) is 0.230. The molecule has 0 saturated heterocycles. The molecular weight excluding hydrogens is 489 g/mol. The van der Waals surface area contributed by atoms with Crippen LogP contribution in [0.5, 0.6) is 5.75 Å². The van der Waals surface area contributed by atoms with Crippen molar-refractivity contribution in [2.24, 2.45) is 4.99 Å². The normalized spacial score (nSPS) is 11.0. The van der Waals surface area contributed by atoms with Gasteiger partial charge in [0.2, 0.25) is 0 Å². The fraction of sp³-hybridized carbons (Fsp3) is 0.474. The maximum atomic E-state index is 5.84. The SMILES string of the molecule is CN=C(NCc1csc(N(C)C)n1)NCc1ccc(C)cc1OCCOC.I. The molecule has 0 saturated carbocycles. The average molecular weight is 519 g/mol. The third-order valence-corrected chi connectivity index (χ3v) is 4.85. The zero-order chi connectivity index (χ0) is 19.6. The van der Waals surface area contributed by atoms with E-state index in [9.17, 15) is 0 Å². The lowest BCUT2D eigenvalue weighted by Gasteiger charge is -2.15. The van der Waals surface area contributed by atoms with Gasteiger partial charge in [-0.05, 0) is 18.6 Å². The fourth-order valence-corrected chi connectivity index (χ4v) is 3.09. The molecule has 0 fully saturated rings. The molecule has 0 unspecified atom stereocenters. The molecule has 2 aromatic rings. The monoisotopic (exact) mass is 519 g/mol. The highest BCUT2D eigenvalue weighted by molar-refractivity contribution is 14.0. The van der Waals surface area contributed by atoms with Crippen LogP contribution in [0.4, 0.5) is 5.13 Å². The molecule has 2 rings (SSSR count).